The first kappa shape index (κ1) is 6.20. The molecule has 1 heterocycles. The SMILES string of the molecule is C1=NC2CCCCCC2O1. The van der Waals surface area contributed by atoms with E-state index < -0.39 is 0 Å². The van der Waals surface area contributed by atoms with Crippen LogP contribution in [0.2, 0.25) is 0 Å². The Morgan fingerprint density at radius 2 is 2.10 bits per heavy atom. The lowest BCUT2D eigenvalue weighted by molar-refractivity contribution is 0.191. The van der Waals surface area contributed by atoms with E-state index in [9.17, 15) is 0 Å². The van der Waals surface area contributed by atoms with Crippen molar-refractivity contribution in [1.29, 1.82) is 0 Å². The summed E-state index contributed by atoms with van der Waals surface area (Å²) >= 11 is 0. The normalized spacial score (nSPS) is 38.4. The highest BCUT2D eigenvalue weighted by Gasteiger charge is 2.26. The lowest BCUT2D eigenvalue weighted by Gasteiger charge is -2.11. The fourth-order valence-corrected chi connectivity index (χ4v) is 1.77. The fraction of sp³-hybridized carbons (Fsp3) is 0.875. The highest BCUT2D eigenvalue weighted by atomic mass is 16.5. The minimum atomic E-state index is 0.433. The molecule has 1 aliphatic carbocycles. The molecule has 2 unspecified atom stereocenters. The highest BCUT2D eigenvalue weighted by molar-refractivity contribution is 5.49. The summed E-state index contributed by atoms with van der Waals surface area (Å²) in [4.78, 5) is 4.27. The number of hydrogen-bond acceptors (Lipinski definition) is 2. The summed E-state index contributed by atoms with van der Waals surface area (Å²) in [7, 11) is 0. The number of aliphatic imine (C=N–C) groups is 1. The molecule has 56 valence electrons. The van der Waals surface area contributed by atoms with Gasteiger partial charge < -0.3 is 4.74 Å². The van der Waals surface area contributed by atoms with Gasteiger partial charge in [0.2, 0.25) is 0 Å². The Balaban J connectivity index is 2.00. The van der Waals surface area contributed by atoms with Crippen LogP contribution in [0.25, 0.3) is 0 Å². The monoisotopic (exact) mass is 139 g/mol. The first-order chi connectivity index (χ1) is 4.97. The maximum atomic E-state index is 5.35. The average molecular weight is 139 g/mol. The van der Waals surface area contributed by atoms with E-state index in [1.807, 2.05) is 0 Å². The Kier molecular flexibility index (Phi) is 1.61. The van der Waals surface area contributed by atoms with Crippen molar-refractivity contribution in [2.75, 3.05) is 0 Å². The van der Waals surface area contributed by atoms with Crippen molar-refractivity contribution in [2.24, 2.45) is 4.99 Å². The molecule has 0 aromatic carbocycles. The van der Waals surface area contributed by atoms with Gasteiger partial charge in [-0.15, -0.1) is 0 Å². The van der Waals surface area contributed by atoms with Crippen LogP contribution in [-0.4, -0.2) is 18.5 Å². The molecule has 2 aliphatic rings. The third kappa shape index (κ3) is 1.02. The summed E-state index contributed by atoms with van der Waals surface area (Å²) < 4.78 is 5.35. The molecular weight excluding hydrogens is 126 g/mol. The van der Waals surface area contributed by atoms with E-state index in [0.29, 0.717) is 12.1 Å². The van der Waals surface area contributed by atoms with Gasteiger partial charge in [0.25, 0.3) is 0 Å². The van der Waals surface area contributed by atoms with Crippen LogP contribution < -0.4 is 0 Å². The van der Waals surface area contributed by atoms with Crippen LogP contribution >= 0.6 is 0 Å². The predicted molar refractivity (Wildman–Crippen MR) is 40.2 cm³/mol. The van der Waals surface area contributed by atoms with Crippen molar-refractivity contribution in [1.82, 2.24) is 0 Å². The first-order valence-electron chi connectivity index (χ1n) is 4.14. The lowest BCUT2D eigenvalue weighted by atomic mass is 10.1. The zero-order valence-corrected chi connectivity index (χ0v) is 6.12. The molecule has 2 heteroatoms. The predicted octanol–water partition coefficient (Wildman–Crippen LogP) is 1.75. The zero-order chi connectivity index (χ0) is 6.81. The number of rotatable bonds is 0. The summed E-state index contributed by atoms with van der Waals surface area (Å²) in [6.07, 6.45) is 8.55. The number of ether oxygens (including phenoxy) is 1. The van der Waals surface area contributed by atoms with Gasteiger partial charge >= 0.3 is 0 Å². The molecule has 2 rings (SSSR count). The molecule has 1 saturated carbocycles. The molecule has 0 bridgehead atoms. The van der Waals surface area contributed by atoms with Crippen LogP contribution in [0.15, 0.2) is 4.99 Å². The highest BCUT2D eigenvalue weighted by Crippen LogP contribution is 2.25. The van der Waals surface area contributed by atoms with E-state index in [2.05, 4.69) is 4.99 Å². The summed E-state index contributed by atoms with van der Waals surface area (Å²) in [5.41, 5.74) is 0. The molecule has 1 aliphatic heterocycles. The van der Waals surface area contributed by atoms with Crippen molar-refractivity contribution < 1.29 is 4.74 Å². The molecule has 0 amide bonds. The Morgan fingerprint density at radius 3 is 3.10 bits per heavy atom. The van der Waals surface area contributed by atoms with E-state index in [1.54, 1.807) is 6.40 Å². The van der Waals surface area contributed by atoms with Crippen molar-refractivity contribution >= 4 is 6.40 Å². The standard InChI is InChI=1S/C8H13NO/c1-2-4-7-8(5-3-1)10-6-9-7/h6-8H,1-5H2. The van der Waals surface area contributed by atoms with Gasteiger partial charge in [-0.2, -0.15) is 0 Å². The summed E-state index contributed by atoms with van der Waals surface area (Å²) in [6, 6.07) is 0.502. The van der Waals surface area contributed by atoms with Crippen LogP contribution in [0.4, 0.5) is 0 Å². The largest absolute Gasteiger partial charge is 0.478 e. The van der Waals surface area contributed by atoms with E-state index in [4.69, 9.17) is 4.74 Å². The van der Waals surface area contributed by atoms with Crippen LogP contribution in [0.3, 0.4) is 0 Å². The van der Waals surface area contributed by atoms with Crippen molar-refractivity contribution in [3.8, 4) is 0 Å². The van der Waals surface area contributed by atoms with Crippen LogP contribution in [0.5, 0.6) is 0 Å². The third-order valence-corrected chi connectivity index (χ3v) is 2.41. The van der Waals surface area contributed by atoms with Crippen LogP contribution in [0, 0.1) is 0 Å². The average Bonchev–Trinajstić information content (AvgIpc) is 2.28. The van der Waals surface area contributed by atoms with Gasteiger partial charge in [-0.25, -0.2) is 0 Å². The van der Waals surface area contributed by atoms with Gasteiger partial charge in [-0.1, -0.05) is 12.8 Å². The maximum absolute atomic E-state index is 5.35. The van der Waals surface area contributed by atoms with Gasteiger partial charge in [0.15, 0.2) is 6.40 Å². The second kappa shape index (κ2) is 2.60. The minimum Gasteiger partial charge on any atom is -0.478 e. The summed E-state index contributed by atoms with van der Waals surface area (Å²) in [5, 5.41) is 0. The second-order valence-electron chi connectivity index (χ2n) is 3.13. The molecule has 10 heavy (non-hydrogen) atoms. The first-order valence-corrected chi connectivity index (χ1v) is 4.14. The van der Waals surface area contributed by atoms with Gasteiger partial charge in [0.1, 0.15) is 6.10 Å². The van der Waals surface area contributed by atoms with Crippen molar-refractivity contribution in [2.45, 2.75) is 44.2 Å². The Bertz CT molecular complexity index is 144. The quantitative estimate of drug-likeness (QED) is 0.501. The van der Waals surface area contributed by atoms with Gasteiger partial charge in [0.05, 0.1) is 6.04 Å². The lowest BCUT2D eigenvalue weighted by Crippen LogP contribution is -2.19. The van der Waals surface area contributed by atoms with Crippen molar-refractivity contribution in [3.05, 3.63) is 0 Å². The molecule has 0 saturated heterocycles. The smallest absolute Gasteiger partial charge is 0.170 e. The number of nitrogens with zero attached hydrogens (tertiary/aromatic N) is 1. The molecule has 0 radical (unpaired) electrons. The maximum Gasteiger partial charge on any atom is 0.170 e. The van der Waals surface area contributed by atoms with E-state index in [-0.39, 0.29) is 0 Å². The fourth-order valence-electron chi connectivity index (χ4n) is 1.77. The Labute approximate surface area is 61.3 Å². The van der Waals surface area contributed by atoms with E-state index in [0.717, 1.165) is 0 Å². The zero-order valence-electron chi connectivity index (χ0n) is 6.12. The van der Waals surface area contributed by atoms with Crippen LogP contribution in [-0.2, 0) is 4.74 Å². The molecule has 0 spiro atoms. The third-order valence-electron chi connectivity index (χ3n) is 2.41. The molecular formula is C8H13NO. The Hall–Kier alpha value is -0.530. The molecule has 1 fully saturated rings. The van der Waals surface area contributed by atoms with E-state index in [1.165, 1.54) is 32.1 Å². The van der Waals surface area contributed by atoms with Gasteiger partial charge in [-0.05, 0) is 19.3 Å². The summed E-state index contributed by atoms with van der Waals surface area (Å²) in [6.45, 7) is 0. The number of fused-ring (bicyclic) bond motifs is 1. The van der Waals surface area contributed by atoms with Gasteiger partial charge in [-0.3, -0.25) is 4.99 Å². The van der Waals surface area contributed by atoms with Gasteiger partial charge in [0, 0.05) is 0 Å². The molecule has 0 N–H and O–H groups in total. The van der Waals surface area contributed by atoms with Crippen LogP contribution in [0.1, 0.15) is 32.1 Å². The minimum absolute atomic E-state index is 0.433. The van der Waals surface area contributed by atoms with Crippen molar-refractivity contribution in [3.63, 3.8) is 0 Å². The molecule has 2 nitrogen and oxygen atoms in total. The molecule has 2 atom stereocenters. The van der Waals surface area contributed by atoms with E-state index >= 15 is 0 Å². The Morgan fingerprint density at radius 1 is 1.20 bits per heavy atom. The second-order valence-corrected chi connectivity index (χ2v) is 3.13. The number of hydrogen-bond donors (Lipinski definition) is 0. The molecule has 0 aromatic heterocycles. The topological polar surface area (TPSA) is 21.6 Å². The summed E-state index contributed by atoms with van der Waals surface area (Å²) in [5.74, 6) is 0. The molecule has 0 aromatic rings.